The van der Waals surface area contributed by atoms with Crippen molar-refractivity contribution in [2.75, 3.05) is 0 Å². The molecule has 3 heteroatoms. The van der Waals surface area contributed by atoms with Crippen molar-refractivity contribution in [2.24, 2.45) is 0 Å². The fraction of sp³-hybridized carbons (Fsp3) is 0.188. The SMILES string of the molecule is Cc1ccc(CCC(=O)c2cc(Br)ccc2F)cc1. The van der Waals surface area contributed by atoms with Crippen molar-refractivity contribution in [3.63, 3.8) is 0 Å². The maximum Gasteiger partial charge on any atom is 0.166 e. The molecule has 2 aromatic carbocycles. The average molecular weight is 321 g/mol. The van der Waals surface area contributed by atoms with Crippen LogP contribution in [0.5, 0.6) is 0 Å². The third-order valence-electron chi connectivity index (χ3n) is 2.99. The van der Waals surface area contributed by atoms with E-state index < -0.39 is 5.82 Å². The molecule has 0 spiro atoms. The molecule has 0 aliphatic heterocycles. The Balaban J connectivity index is 2.05. The molecule has 19 heavy (non-hydrogen) atoms. The molecule has 0 unspecified atom stereocenters. The first-order valence-electron chi connectivity index (χ1n) is 6.10. The third-order valence-corrected chi connectivity index (χ3v) is 3.48. The van der Waals surface area contributed by atoms with Gasteiger partial charge in [0.25, 0.3) is 0 Å². The van der Waals surface area contributed by atoms with Gasteiger partial charge in [-0.05, 0) is 37.1 Å². The van der Waals surface area contributed by atoms with E-state index in [4.69, 9.17) is 0 Å². The van der Waals surface area contributed by atoms with Crippen LogP contribution in [0, 0.1) is 12.7 Å². The van der Waals surface area contributed by atoms with Crippen LogP contribution in [-0.4, -0.2) is 5.78 Å². The Morgan fingerprint density at radius 3 is 2.53 bits per heavy atom. The molecular formula is C16H14BrFO. The molecule has 98 valence electrons. The Morgan fingerprint density at radius 2 is 1.84 bits per heavy atom. The highest BCUT2D eigenvalue weighted by Gasteiger charge is 2.12. The Labute approximate surface area is 120 Å². The number of aryl methyl sites for hydroxylation is 2. The van der Waals surface area contributed by atoms with Crippen LogP contribution < -0.4 is 0 Å². The molecule has 0 N–H and O–H groups in total. The van der Waals surface area contributed by atoms with Crippen molar-refractivity contribution < 1.29 is 9.18 Å². The maximum atomic E-state index is 13.6. The second-order valence-corrected chi connectivity index (χ2v) is 5.45. The number of hydrogen-bond acceptors (Lipinski definition) is 1. The van der Waals surface area contributed by atoms with E-state index in [2.05, 4.69) is 15.9 Å². The standard InChI is InChI=1S/C16H14BrFO/c1-11-2-4-12(5-3-11)6-9-16(19)14-10-13(17)7-8-15(14)18/h2-5,7-8,10H,6,9H2,1H3. The van der Waals surface area contributed by atoms with E-state index in [0.29, 0.717) is 17.3 Å². The summed E-state index contributed by atoms with van der Waals surface area (Å²) in [5.74, 6) is -0.628. The van der Waals surface area contributed by atoms with Gasteiger partial charge in [0.05, 0.1) is 5.56 Å². The van der Waals surface area contributed by atoms with Crippen LogP contribution in [0.15, 0.2) is 46.9 Å². The summed E-state index contributed by atoms with van der Waals surface area (Å²) in [5.41, 5.74) is 2.43. The molecule has 0 heterocycles. The van der Waals surface area contributed by atoms with E-state index in [1.807, 2.05) is 31.2 Å². The quantitative estimate of drug-likeness (QED) is 0.745. The lowest BCUT2D eigenvalue weighted by atomic mass is 10.0. The second-order valence-electron chi connectivity index (χ2n) is 4.53. The summed E-state index contributed by atoms with van der Waals surface area (Å²) in [7, 11) is 0. The summed E-state index contributed by atoms with van der Waals surface area (Å²) in [6, 6.07) is 12.5. The number of ketones is 1. The molecule has 0 aliphatic carbocycles. The lowest BCUT2D eigenvalue weighted by Crippen LogP contribution is -2.04. The number of benzene rings is 2. The normalized spacial score (nSPS) is 10.5. The first-order valence-corrected chi connectivity index (χ1v) is 6.89. The van der Waals surface area contributed by atoms with Gasteiger partial charge in [0.15, 0.2) is 5.78 Å². The minimum absolute atomic E-state index is 0.154. The summed E-state index contributed by atoms with van der Waals surface area (Å²) in [5, 5.41) is 0. The molecule has 0 amide bonds. The van der Waals surface area contributed by atoms with Crippen molar-refractivity contribution >= 4 is 21.7 Å². The fourth-order valence-electron chi connectivity index (χ4n) is 1.86. The molecule has 0 saturated carbocycles. The molecule has 0 aromatic heterocycles. The van der Waals surface area contributed by atoms with Crippen molar-refractivity contribution in [2.45, 2.75) is 19.8 Å². The van der Waals surface area contributed by atoms with E-state index >= 15 is 0 Å². The number of Topliss-reactive ketones (excluding diaryl/α,β-unsaturated/α-hetero) is 1. The van der Waals surface area contributed by atoms with Gasteiger partial charge in [0.1, 0.15) is 5.82 Å². The van der Waals surface area contributed by atoms with Crippen LogP contribution in [0.2, 0.25) is 0 Å². The predicted molar refractivity (Wildman–Crippen MR) is 77.9 cm³/mol. The second kappa shape index (κ2) is 6.11. The molecular weight excluding hydrogens is 307 g/mol. The zero-order valence-electron chi connectivity index (χ0n) is 10.6. The highest BCUT2D eigenvalue weighted by Crippen LogP contribution is 2.18. The van der Waals surface area contributed by atoms with Gasteiger partial charge in [-0.2, -0.15) is 0 Å². The summed E-state index contributed by atoms with van der Waals surface area (Å²) in [6.45, 7) is 2.02. The largest absolute Gasteiger partial charge is 0.294 e. The monoisotopic (exact) mass is 320 g/mol. The summed E-state index contributed by atoms with van der Waals surface area (Å²) in [4.78, 5) is 12.0. The lowest BCUT2D eigenvalue weighted by Gasteiger charge is -2.04. The minimum Gasteiger partial charge on any atom is -0.294 e. The molecule has 0 fully saturated rings. The summed E-state index contributed by atoms with van der Waals surface area (Å²) < 4.78 is 14.3. The van der Waals surface area contributed by atoms with Gasteiger partial charge in [-0.3, -0.25) is 4.79 Å². The maximum absolute atomic E-state index is 13.6. The van der Waals surface area contributed by atoms with Crippen LogP contribution in [-0.2, 0) is 6.42 Å². The zero-order valence-corrected chi connectivity index (χ0v) is 12.2. The Hall–Kier alpha value is -1.48. The first-order chi connectivity index (χ1) is 9.06. The molecule has 0 saturated heterocycles. The first kappa shape index (κ1) is 13.9. The zero-order chi connectivity index (χ0) is 13.8. The van der Waals surface area contributed by atoms with E-state index in [9.17, 15) is 9.18 Å². The number of rotatable bonds is 4. The van der Waals surface area contributed by atoms with E-state index in [-0.39, 0.29) is 11.3 Å². The fourth-order valence-corrected chi connectivity index (χ4v) is 2.22. The van der Waals surface area contributed by atoms with Crippen molar-refractivity contribution in [1.82, 2.24) is 0 Å². The molecule has 2 rings (SSSR count). The lowest BCUT2D eigenvalue weighted by molar-refractivity contribution is 0.0979. The number of hydrogen-bond donors (Lipinski definition) is 0. The Morgan fingerprint density at radius 1 is 1.16 bits per heavy atom. The van der Waals surface area contributed by atoms with E-state index in [1.54, 1.807) is 6.07 Å². The Bertz CT molecular complexity index is 590. The van der Waals surface area contributed by atoms with Crippen molar-refractivity contribution in [3.05, 3.63) is 69.4 Å². The molecule has 0 aliphatic rings. The van der Waals surface area contributed by atoms with Crippen LogP contribution in [0.25, 0.3) is 0 Å². The smallest absolute Gasteiger partial charge is 0.166 e. The summed E-state index contributed by atoms with van der Waals surface area (Å²) in [6.07, 6.45) is 0.946. The number of carbonyl (C=O) groups is 1. The summed E-state index contributed by atoms with van der Waals surface area (Å²) >= 11 is 3.25. The van der Waals surface area contributed by atoms with Gasteiger partial charge in [-0.25, -0.2) is 4.39 Å². The number of halogens is 2. The van der Waals surface area contributed by atoms with Gasteiger partial charge in [-0.15, -0.1) is 0 Å². The minimum atomic E-state index is -0.461. The van der Waals surface area contributed by atoms with Crippen LogP contribution in [0.3, 0.4) is 0 Å². The van der Waals surface area contributed by atoms with Gasteiger partial charge >= 0.3 is 0 Å². The van der Waals surface area contributed by atoms with Gasteiger partial charge < -0.3 is 0 Å². The van der Waals surface area contributed by atoms with E-state index in [1.165, 1.54) is 17.7 Å². The number of carbonyl (C=O) groups excluding carboxylic acids is 1. The molecule has 0 radical (unpaired) electrons. The van der Waals surface area contributed by atoms with Gasteiger partial charge in [0.2, 0.25) is 0 Å². The van der Waals surface area contributed by atoms with Crippen LogP contribution in [0.4, 0.5) is 4.39 Å². The topological polar surface area (TPSA) is 17.1 Å². The van der Waals surface area contributed by atoms with Gasteiger partial charge in [0, 0.05) is 10.9 Å². The van der Waals surface area contributed by atoms with Crippen molar-refractivity contribution in [3.8, 4) is 0 Å². The molecule has 2 aromatic rings. The highest BCUT2D eigenvalue weighted by molar-refractivity contribution is 9.10. The van der Waals surface area contributed by atoms with Crippen LogP contribution >= 0.6 is 15.9 Å². The Kier molecular flexibility index (Phi) is 4.48. The van der Waals surface area contributed by atoms with Crippen molar-refractivity contribution in [1.29, 1.82) is 0 Å². The third kappa shape index (κ3) is 3.74. The molecule has 0 bridgehead atoms. The molecule has 0 atom stereocenters. The average Bonchev–Trinajstić information content (AvgIpc) is 2.40. The molecule has 1 nitrogen and oxygen atoms in total. The highest BCUT2D eigenvalue weighted by atomic mass is 79.9. The van der Waals surface area contributed by atoms with Crippen LogP contribution in [0.1, 0.15) is 27.9 Å². The predicted octanol–water partition coefficient (Wildman–Crippen LogP) is 4.71. The van der Waals surface area contributed by atoms with E-state index in [0.717, 1.165) is 5.56 Å². The van der Waals surface area contributed by atoms with Gasteiger partial charge in [-0.1, -0.05) is 45.8 Å².